The summed E-state index contributed by atoms with van der Waals surface area (Å²) in [7, 11) is 0. The van der Waals surface area contributed by atoms with Crippen molar-refractivity contribution >= 4 is 22.5 Å². The lowest BCUT2D eigenvalue weighted by molar-refractivity contribution is 0.102. The second-order valence-corrected chi connectivity index (χ2v) is 4.69. The molecule has 1 heterocycles. The molecule has 0 aliphatic rings. The molecule has 0 bridgehead atoms. The van der Waals surface area contributed by atoms with E-state index in [0.29, 0.717) is 22.2 Å². The minimum absolute atomic E-state index is 0.00597. The van der Waals surface area contributed by atoms with Crippen molar-refractivity contribution in [2.75, 3.05) is 5.32 Å². The maximum atomic E-state index is 12.4. The number of anilines is 1. The first-order chi connectivity index (χ1) is 10.7. The molecule has 0 atom stereocenters. The maximum absolute atomic E-state index is 12.4. The van der Waals surface area contributed by atoms with Crippen molar-refractivity contribution < 1.29 is 4.79 Å². The topological polar surface area (TPSA) is 85.8 Å². The second kappa shape index (κ2) is 5.54. The van der Waals surface area contributed by atoms with Crippen LogP contribution in [-0.4, -0.2) is 10.9 Å². The third-order valence-corrected chi connectivity index (χ3v) is 3.33. The minimum Gasteiger partial charge on any atom is -0.360 e. The molecule has 106 valence electrons. The van der Waals surface area contributed by atoms with Gasteiger partial charge < -0.3 is 10.3 Å². The Morgan fingerprint density at radius 2 is 1.82 bits per heavy atom. The molecule has 0 saturated heterocycles. The summed E-state index contributed by atoms with van der Waals surface area (Å²) in [6.07, 6.45) is 1.38. The van der Waals surface area contributed by atoms with Gasteiger partial charge in [0.25, 0.3) is 5.91 Å². The number of pyridine rings is 1. The number of nitriles is 1. The average Bonchev–Trinajstić information content (AvgIpc) is 2.56. The van der Waals surface area contributed by atoms with Crippen molar-refractivity contribution in [1.29, 1.82) is 5.26 Å². The normalized spacial score (nSPS) is 10.1. The number of aromatic nitrogens is 1. The van der Waals surface area contributed by atoms with Gasteiger partial charge in [-0.05, 0) is 24.3 Å². The Morgan fingerprint density at radius 3 is 2.64 bits per heavy atom. The van der Waals surface area contributed by atoms with Gasteiger partial charge in [0.15, 0.2) is 0 Å². The Hall–Kier alpha value is -3.39. The van der Waals surface area contributed by atoms with Gasteiger partial charge in [-0.25, -0.2) is 0 Å². The molecule has 3 rings (SSSR count). The van der Waals surface area contributed by atoms with E-state index in [2.05, 4.69) is 10.3 Å². The molecule has 0 spiro atoms. The molecule has 0 aliphatic carbocycles. The molecule has 2 aromatic carbocycles. The fourth-order valence-electron chi connectivity index (χ4n) is 2.22. The van der Waals surface area contributed by atoms with Crippen LogP contribution < -0.4 is 10.7 Å². The lowest BCUT2D eigenvalue weighted by Gasteiger charge is -2.07. The third kappa shape index (κ3) is 2.34. The van der Waals surface area contributed by atoms with Crippen LogP contribution in [0.25, 0.3) is 10.9 Å². The van der Waals surface area contributed by atoms with Crippen molar-refractivity contribution in [2.45, 2.75) is 0 Å². The van der Waals surface area contributed by atoms with Crippen molar-refractivity contribution in [3.63, 3.8) is 0 Å². The lowest BCUT2D eigenvalue weighted by atomic mass is 10.1. The third-order valence-electron chi connectivity index (χ3n) is 3.33. The number of carbonyl (C=O) groups is 1. The highest BCUT2D eigenvalue weighted by Gasteiger charge is 2.14. The van der Waals surface area contributed by atoms with E-state index in [1.54, 1.807) is 48.5 Å². The summed E-state index contributed by atoms with van der Waals surface area (Å²) in [4.78, 5) is 27.6. The minimum atomic E-state index is -0.547. The van der Waals surface area contributed by atoms with Crippen LogP contribution >= 0.6 is 0 Å². The molecule has 0 fully saturated rings. The molecule has 5 heteroatoms. The summed E-state index contributed by atoms with van der Waals surface area (Å²) in [5, 5.41) is 12.1. The monoisotopic (exact) mass is 289 g/mol. The number of nitrogens with one attached hydrogen (secondary N) is 2. The van der Waals surface area contributed by atoms with Gasteiger partial charge in [-0.2, -0.15) is 5.26 Å². The summed E-state index contributed by atoms with van der Waals surface area (Å²) in [5.41, 5.74) is 1.05. The van der Waals surface area contributed by atoms with E-state index in [-0.39, 0.29) is 11.0 Å². The van der Waals surface area contributed by atoms with Crippen molar-refractivity contribution in [3.8, 4) is 6.07 Å². The highest BCUT2D eigenvalue weighted by Crippen LogP contribution is 2.15. The van der Waals surface area contributed by atoms with Crippen LogP contribution in [0.2, 0.25) is 0 Å². The number of hydrogen-bond acceptors (Lipinski definition) is 3. The smallest absolute Gasteiger partial charge is 0.261 e. The molecule has 3 aromatic rings. The zero-order valence-electron chi connectivity index (χ0n) is 11.5. The quantitative estimate of drug-likeness (QED) is 0.760. The first-order valence-corrected chi connectivity index (χ1v) is 6.61. The molecular weight excluding hydrogens is 278 g/mol. The van der Waals surface area contributed by atoms with Gasteiger partial charge in [-0.1, -0.05) is 24.3 Å². The Kier molecular flexibility index (Phi) is 3.42. The largest absolute Gasteiger partial charge is 0.360 e. The second-order valence-electron chi connectivity index (χ2n) is 4.69. The van der Waals surface area contributed by atoms with Crippen molar-refractivity contribution in [1.82, 2.24) is 4.98 Å². The number of carbonyl (C=O) groups excluding carboxylic acids is 1. The number of para-hydroxylation sites is 2. The van der Waals surface area contributed by atoms with Crippen LogP contribution in [0.5, 0.6) is 0 Å². The summed E-state index contributed by atoms with van der Waals surface area (Å²) in [6, 6.07) is 15.6. The molecular formula is C17H11N3O2. The van der Waals surface area contributed by atoms with E-state index in [1.807, 2.05) is 6.07 Å². The molecule has 1 amide bonds. The number of nitrogens with zero attached hydrogens (tertiary/aromatic N) is 1. The first-order valence-electron chi connectivity index (χ1n) is 6.61. The number of fused-ring (bicyclic) bond motifs is 1. The zero-order valence-corrected chi connectivity index (χ0v) is 11.5. The van der Waals surface area contributed by atoms with Crippen LogP contribution in [0.15, 0.2) is 59.5 Å². The average molecular weight is 289 g/mol. The van der Waals surface area contributed by atoms with E-state index in [4.69, 9.17) is 5.26 Å². The van der Waals surface area contributed by atoms with Gasteiger partial charge in [0.1, 0.15) is 11.6 Å². The number of H-pyrrole nitrogens is 1. The molecule has 22 heavy (non-hydrogen) atoms. The van der Waals surface area contributed by atoms with Gasteiger partial charge >= 0.3 is 0 Å². The van der Waals surface area contributed by atoms with E-state index in [0.717, 1.165) is 0 Å². The van der Waals surface area contributed by atoms with Gasteiger partial charge in [0.2, 0.25) is 5.43 Å². The molecule has 2 N–H and O–H groups in total. The predicted octanol–water partition coefficient (Wildman–Crippen LogP) is 2.65. The lowest BCUT2D eigenvalue weighted by Crippen LogP contribution is -2.22. The Labute approximate surface area is 125 Å². The van der Waals surface area contributed by atoms with E-state index < -0.39 is 5.91 Å². The van der Waals surface area contributed by atoms with Crippen LogP contribution in [0.4, 0.5) is 5.69 Å². The summed E-state index contributed by atoms with van der Waals surface area (Å²) in [6.45, 7) is 0. The van der Waals surface area contributed by atoms with Gasteiger partial charge in [0.05, 0.1) is 11.3 Å². The number of benzene rings is 2. The molecule has 0 radical (unpaired) electrons. The maximum Gasteiger partial charge on any atom is 0.261 e. The van der Waals surface area contributed by atoms with Crippen LogP contribution in [0.1, 0.15) is 15.9 Å². The van der Waals surface area contributed by atoms with Crippen molar-refractivity contribution in [2.24, 2.45) is 0 Å². The van der Waals surface area contributed by atoms with Crippen LogP contribution in [0.3, 0.4) is 0 Å². The van der Waals surface area contributed by atoms with Gasteiger partial charge in [0, 0.05) is 17.1 Å². The fourth-order valence-corrected chi connectivity index (χ4v) is 2.22. The molecule has 5 nitrogen and oxygen atoms in total. The number of rotatable bonds is 2. The fraction of sp³-hybridized carbons (Fsp3) is 0. The van der Waals surface area contributed by atoms with E-state index >= 15 is 0 Å². The number of aromatic amines is 1. The predicted molar refractivity (Wildman–Crippen MR) is 83.7 cm³/mol. The summed E-state index contributed by atoms with van der Waals surface area (Å²) < 4.78 is 0. The first kappa shape index (κ1) is 13.6. The van der Waals surface area contributed by atoms with Gasteiger partial charge in [-0.3, -0.25) is 9.59 Å². The van der Waals surface area contributed by atoms with E-state index in [9.17, 15) is 9.59 Å². The SMILES string of the molecule is N#Cc1ccccc1NC(=O)c1c[nH]c2ccccc2c1=O. The summed E-state index contributed by atoms with van der Waals surface area (Å²) in [5.74, 6) is -0.547. The standard InChI is InChI=1S/C17H11N3O2/c18-9-11-5-1-3-7-14(11)20-17(22)13-10-19-15-8-4-2-6-12(15)16(13)21/h1-8,10H,(H,19,21)(H,20,22). The zero-order chi connectivity index (χ0) is 15.5. The van der Waals surface area contributed by atoms with Crippen LogP contribution in [-0.2, 0) is 0 Å². The summed E-state index contributed by atoms with van der Waals surface area (Å²) >= 11 is 0. The van der Waals surface area contributed by atoms with Crippen molar-refractivity contribution in [3.05, 3.63) is 76.1 Å². The molecule has 0 saturated carbocycles. The highest BCUT2D eigenvalue weighted by molar-refractivity contribution is 6.06. The van der Waals surface area contributed by atoms with E-state index in [1.165, 1.54) is 6.20 Å². The van der Waals surface area contributed by atoms with Gasteiger partial charge in [-0.15, -0.1) is 0 Å². The molecule has 0 aliphatic heterocycles. The van der Waals surface area contributed by atoms with Crippen LogP contribution in [0, 0.1) is 11.3 Å². The Morgan fingerprint density at radius 1 is 1.09 bits per heavy atom. The highest BCUT2D eigenvalue weighted by atomic mass is 16.2. The number of amides is 1. The Balaban J connectivity index is 2.01. The molecule has 1 aromatic heterocycles. The molecule has 0 unspecified atom stereocenters. The Bertz CT molecular complexity index is 967. The number of hydrogen-bond donors (Lipinski definition) is 2.